The lowest BCUT2D eigenvalue weighted by molar-refractivity contribution is -0.140. The molecular formula is C23H32N2O8. The molecule has 0 spiro atoms. The highest BCUT2D eigenvalue weighted by Crippen LogP contribution is 2.35. The van der Waals surface area contributed by atoms with Gasteiger partial charge in [-0.05, 0) is 31.7 Å². The van der Waals surface area contributed by atoms with E-state index >= 15 is 0 Å². The third-order valence-corrected chi connectivity index (χ3v) is 5.21. The molecule has 2 rings (SSSR count). The molecular weight excluding hydrogens is 432 g/mol. The lowest BCUT2D eigenvalue weighted by atomic mass is 10.0. The van der Waals surface area contributed by atoms with Crippen LogP contribution in [0.15, 0.2) is 24.8 Å². The fourth-order valence-electron chi connectivity index (χ4n) is 3.51. The van der Waals surface area contributed by atoms with E-state index in [1.165, 1.54) is 32.4 Å². The Morgan fingerprint density at radius 1 is 1.24 bits per heavy atom. The Kier molecular flexibility index (Phi) is 10.5. The minimum absolute atomic E-state index is 0.000858. The number of nitrogens with one attached hydrogen (secondary N) is 1. The molecule has 182 valence electrons. The van der Waals surface area contributed by atoms with Crippen molar-refractivity contribution in [2.24, 2.45) is 0 Å². The molecule has 0 aromatic heterocycles. The molecule has 1 aromatic rings. The Labute approximate surface area is 193 Å². The van der Waals surface area contributed by atoms with Gasteiger partial charge in [0.05, 0.1) is 44.7 Å². The van der Waals surface area contributed by atoms with Crippen LogP contribution < -0.4 is 14.8 Å². The molecule has 2 amide bonds. The Morgan fingerprint density at radius 3 is 2.70 bits per heavy atom. The zero-order valence-electron chi connectivity index (χ0n) is 19.1. The molecule has 10 nitrogen and oxygen atoms in total. The molecule has 0 bridgehead atoms. The number of esters is 1. The highest BCUT2D eigenvalue weighted by molar-refractivity contribution is 6.03. The van der Waals surface area contributed by atoms with Crippen molar-refractivity contribution in [2.75, 3.05) is 45.9 Å². The van der Waals surface area contributed by atoms with E-state index in [1.54, 1.807) is 4.90 Å². The number of methoxy groups -OCH3 is 2. The molecule has 1 atom stereocenters. The zero-order chi connectivity index (χ0) is 24.2. The van der Waals surface area contributed by atoms with Crippen molar-refractivity contribution in [3.8, 4) is 11.5 Å². The van der Waals surface area contributed by atoms with Crippen molar-refractivity contribution in [3.05, 3.63) is 30.4 Å². The molecule has 2 N–H and O–H groups in total. The summed E-state index contributed by atoms with van der Waals surface area (Å²) in [6.45, 7) is 4.05. The van der Waals surface area contributed by atoms with Crippen molar-refractivity contribution in [3.63, 3.8) is 0 Å². The summed E-state index contributed by atoms with van der Waals surface area (Å²) >= 11 is 0. The number of carbonyl (C=O) groups excluding carboxylic acids is 3. The van der Waals surface area contributed by atoms with E-state index in [0.717, 1.165) is 12.8 Å². The molecule has 1 aliphatic heterocycles. The molecule has 0 unspecified atom stereocenters. The number of hydrogen-bond donors (Lipinski definition) is 2. The number of carbonyl (C=O) groups is 3. The molecule has 0 radical (unpaired) electrons. The third kappa shape index (κ3) is 7.38. The Morgan fingerprint density at radius 2 is 2.03 bits per heavy atom. The van der Waals surface area contributed by atoms with Crippen LogP contribution in [0.5, 0.6) is 11.5 Å². The van der Waals surface area contributed by atoms with Gasteiger partial charge in [-0.15, -0.1) is 0 Å². The minimum atomic E-state index is -0.761. The average Bonchev–Trinajstić information content (AvgIpc) is 2.84. The quantitative estimate of drug-likeness (QED) is 0.291. The standard InChI is InChI=1S/C23H32N2O8/c1-4-11-33-23(29)24-18-14-20(32-12-7-9-21(27)31-3)19(30-2)13-17(18)22(28)25-10-6-5-8-16(25)15-26/h4,13-14,16,26H,1,5-12,15H2,2-3H3,(H,24,29)/t16-/m0/s1. The average molecular weight is 465 g/mol. The predicted molar refractivity (Wildman–Crippen MR) is 121 cm³/mol. The lowest BCUT2D eigenvalue weighted by Gasteiger charge is -2.35. The summed E-state index contributed by atoms with van der Waals surface area (Å²) < 4.78 is 20.8. The van der Waals surface area contributed by atoms with Crippen LogP contribution in [0, 0.1) is 0 Å². The number of anilines is 1. The van der Waals surface area contributed by atoms with E-state index in [9.17, 15) is 19.5 Å². The van der Waals surface area contributed by atoms with Gasteiger partial charge in [-0.25, -0.2) is 4.79 Å². The normalized spacial score (nSPS) is 15.4. The molecule has 1 aromatic carbocycles. The molecule has 1 saturated heterocycles. The van der Waals surface area contributed by atoms with Crippen molar-refractivity contribution in [1.82, 2.24) is 4.90 Å². The van der Waals surface area contributed by atoms with E-state index in [-0.39, 0.29) is 61.2 Å². The maximum absolute atomic E-state index is 13.4. The SMILES string of the molecule is C=CCOC(=O)Nc1cc(OCCCC(=O)OC)c(OC)cc1C(=O)N1CCCC[C@H]1CO. The van der Waals surface area contributed by atoms with Gasteiger partial charge in [0.15, 0.2) is 11.5 Å². The molecule has 1 aliphatic rings. The molecule has 33 heavy (non-hydrogen) atoms. The van der Waals surface area contributed by atoms with Crippen LogP contribution in [0.2, 0.25) is 0 Å². The van der Waals surface area contributed by atoms with Crippen molar-refractivity contribution in [2.45, 2.75) is 38.1 Å². The number of aliphatic hydroxyl groups is 1. The second-order valence-corrected chi connectivity index (χ2v) is 7.42. The second kappa shape index (κ2) is 13.3. The van der Waals surface area contributed by atoms with Crippen LogP contribution in [-0.4, -0.2) is 74.6 Å². The second-order valence-electron chi connectivity index (χ2n) is 7.42. The topological polar surface area (TPSA) is 124 Å². The Hall–Kier alpha value is -3.27. The Bertz CT molecular complexity index is 842. The highest BCUT2D eigenvalue weighted by atomic mass is 16.5. The summed E-state index contributed by atoms with van der Waals surface area (Å²) in [6, 6.07) is 2.67. The van der Waals surface area contributed by atoms with Crippen LogP contribution in [0.1, 0.15) is 42.5 Å². The molecule has 1 heterocycles. The summed E-state index contributed by atoms with van der Waals surface area (Å²) in [7, 11) is 2.75. The van der Waals surface area contributed by atoms with Gasteiger partial charge in [0.25, 0.3) is 5.91 Å². The number of ether oxygens (including phenoxy) is 4. The van der Waals surface area contributed by atoms with Gasteiger partial charge in [-0.1, -0.05) is 12.7 Å². The predicted octanol–water partition coefficient (Wildman–Crippen LogP) is 2.75. The summed E-state index contributed by atoms with van der Waals surface area (Å²) in [5.41, 5.74) is 0.366. The van der Waals surface area contributed by atoms with Gasteiger partial charge in [-0.2, -0.15) is 0 Å². The first kappa shape index (κ1) is 26.0. The minimum Gasteiger partial charge on any atom is -0.493 e. The Balaban J connectivity index is 2.33. The summed E-state index contributed by atoms with van der Waals surface area (Å²) in [5, 5.41) is 12.3. The van der Waals surface area contributed by atoms with Crippen molar-refractivity contribution < 1.29 is 38.4 Å². The van der Waals surface area contributed by atoms with Crippen LogP contribution in [0.3, 0.4) is 0 Å². The van der Waals surface area contributed by atoms with Crippen LogP contribution in [0.4, 0.5) is 10.5 Å². The molecule has 1 fully saturated rings. The maximum atomic E-state index is 13.4. The number of rotatable bonds is 11. The first-order valence-corrected chi connectivity index (χ1v) is 10.8. The number of benzene rings is 1. The molecule has 0 aliphatic carbocycles. The van der Waals surface area contributed by atoms with Gasteiger partial charge in [0, 0.05) is 19.0 Å². The zero-order valence-corrected chi connectivity index (χ0v) is 19.1. The van der Waals surface area contributed by atoms with Crippen LogP contribution in [-0.2, 0) is 14.3 Å². The number of aliphatic hydroxyl groups excluding tert-OH is 1. The number of amides is 2. The summed E-state index contributed by atoms with van der Waals surface area (Å²) in [6.07, 6.45) is 3.71. The molecule has 0 saturated carbocycles. The first-order valence-electron chi connectivity index (χ1n) is 10.8. The van der Waals surface area contributed by atoms with Crippen LogP contribution >= 0.6 is 0 Å². The smallest absolute Gasteiger partial charge is 0.411 e. The van der Waals surface area contributed by atoms with E-state index in [4.69, 9.17) is 14.2 Å². The number of nitrogens with zero attached hydrogens (tertiary/aromatic N) is 1. The van der Waals surface area contributed by atoms with Crippen LogP contribution in [0.25, 0.3) is 0 Å². The fraction of sp³-hybridized carbons (Fsp3) is 0.522. The van der Waals surface area contributed by atoms with Gasteiger partial charge in [0.1, 0.15) is 6.61 Å². The summed E-state index contributed by atoms with van der Waals surface area (Å²) in [5.74, 6) is -0.114. The van der Waals surface area contributed by atoms with E-state index in [2.05, 4.69) is 16.6 Å². The lowest BCUT2D eigenvalue weighted by Crippen LogP contribution is -2.45. The van der Waals surface area contributed by atoms with Gasteiger partial charge >= 0.3 is 12.1 Å². The highest BCUT2D eigenvalue weighted by Gasteiger charge is 2.30. The first-order chi connectivity index (χ1) is 15.9. The molecule has 10 heteroatoms. The van der Waals surface area contributed by atoms with E-state index in [0.29, 0.717) is 25.1 Å². The number of piperidine rings is 1. The maximum Gasteiger partial charge on any atom is 0.411 e. The third-order valence-electron chi connectivity index (χ3n) is 5.21. The largest absolute Gasteiger partial charge is 0.493 e. The monoisotopic (exact) mass is 464 g/mol. The fourth-order valence-corrected chi connectivity index (χ4v) is 3.51. The van der Waals surface area contributed by atoms with E-state index < -0.39 is 6.09 Å². The number of hydrogen-bond acceptors (Lipinski definition) is 8. The van der Waals surface area contributed by atoms with Crippen molar-refractivity contribution in [1.29, 1.82) is 0 Å². The van der Waals surface area contributed by atoms with Crippen molar-refractivity contribution >= 4 is 23.7 Å². The number of likely N-dealkylation sites (tertiary alicyclic amines) is 1. The van der Waals surface area contributed by atoms with Gasteiger partial charge < -0.3 is 29.0 Å². The van der Waals surface area contributed by atoms with Gasteiger partial charge in [0.2, 0.25) is 0 Å². The van der Waals surface area contributed by atoms with Gasteiger partial charge in [-0.3, -0.25) is 14.9 Å². The van der Waals surface area contributed by atoms with E-state index in [1.807, 2.05) is 0 Å². The summed E-state index contributed by atoms with van der Waals surface area (Å²) in [4.78, 5) is 38.5.